The van der Waals surface area contributed by atoms with Gasteiger partial charge in [0.05, 0.1) is 24.5 Å². The van der Waals surface area contributed by atoms with Crippen LogP contribution in [-0.2, 0) is 9.53 Å². The van der Waals surface area contributed by atoms with Crippen molar-refractivity contribution in [2.24, 2.45) is 5.41 Å². The highest BCUT2D eigenvalue weighted by Gasteiger charge is 2.68. The van der Waals surface area contributed by atoms with Crippen LogP contribution in [0.15, 0.2) is 18.2 Å². The van der Waals surface area contributed by atoms with Crippen LogP contribution in [0.2, 0.25) is 0 Å². The molecule has 3 saturated heterocycles. The van der Waals surface area contributed by atoms with E-state index in [4.69, 9.17) is 4.74 Å². The van der Waals surface area contributed by atoms with Gasteiger partial charge in [-0.25, -0.2) is 9.18 Å². The van der Waals surface area contributed by atoms with Crippen LogP contribution in [0.25, 0.3) is 0 Å². The molecule has 1 N–H and O–H groups in total. The minimum atomic E-state index is -0.508. The van der Waals surface area contributed by atoms with Gasteiger partial charge in [0, 0.05) is 35.9 Å². The van der Waals surface area contributed by atoms with Gasteiger partial charge in [0.15, 0.2) is 0 Å². The van der Waals surface area contributed by atoms with E-state index in [-0.39, 0.29) is 18.3 Å². The first-order valence-electron chi connectivity index (χ1n) is 9.38. The smallest absolute Gasteiger partial charge is 0.414 e. The fourth-order valence-corrected chi connectivity index (χ4v) is 6.78. The second kappa shape index (κ2) is 6.02. The van der Waals surface area contributed by atoms with Crippen molar-refractivity contribution in [3.63, 3.8) is 0 Å². The number of rotatable bonds is 4. The molecule has 0 bridgehead atoms. The number of hydrogen-bond acceptors (Lipinski definition) is 5. The molecule has 6 nitrogen and oxygen atoms in total. The highest BCUT2D eigenvalue weighted by molar-refractivity contribution is 7.99. The maximum atomic E-state index is 14.9. The van der Waals surface area contributed by atoms with Gasteiger partial charge in [-0.1, -0.05) is 0 Å². The third-order valence-corrected chi connectivity index (χ3v) is 7.80. The zero-order valence-electron chi connectivity index (χ0n) is 15.1. The molecule has 0 aromatic heterocycles. The largest absolute Gasteiger partial charge is 0.442 e. The summed E-state index contributed by atoms with van der Waals surface area (Å²) in [5, 5.41) is 2.64. The molecule has 8 heteroatoms. The van der Waals surface area contributed by atoms with E-state index in [9.17, 15) is 14.0 Å². The Hall–Kier alpha value is -1.96. The van der Waals surface area contributed by atoms with Crippen LogP contribution in [0.5, 0.6) is 0 Å². The summed E-state index contributed by atoms with van der Waals surface area (Å²) < 4.78 is 20.2. The number of hydrogen-bond donors (Lipinski definition) is 1. The Morgan fingerprint density at radius 2 is 2.30 bits per heavy atom. The minimum absolute atomic E-state index is 0.174. The molecule has 144 valence electrons. The third kappa shape index (κ3) is 2.45. The Bertz CT molecular complexity index is 821. The summed E-state index contributed by atoms with van der Waals surface area (Å²) in [6, 6.07) is 5.93. The molecule has 0 radical (unpaired) electrons. The monoisotopic (exact) mass is 391 g/mol. The highest BCUT2D eigenvalue weighted by Crippen LogP contribution is 2.64. The Labute approximate surface area is 161 Å². The molecule has 4 fully saturated rings. The number of amides is 2. The SMILES string of the molecule is CC(=O)NC[C@H]1CN(c2ccc(N3C4CCC45CSCC35)c(F)c2)C(=O)O1. The number of carbonyl (C=O) groups excluding carboxylic acids is 2. The van der Waals surface area contributed by atoms with Gasteiger partial charge in [-0.2, -0.15) is 11.8 Å². The normalized spacial score (nSPS) is 33.7. The fourth-order valence-electron chi connectivity index (χ4n) is 5.04. The number of benzene rings is 1. The summed E-state index contributed by atoms with van der Waals surface area (Å²) in [6.45, 7) is 1.97. The summed E-state index contributed by atoms with van der Waals surface area (Å²) in [4.78, 5) is 26.8. The summed E-state index contributed by atoms with van der Waals surface area (Å²) in [6.07, 6.45) is 1.47. The molecule has 1 spiro atoms. The van der Waals surface area contributed by atoms with Crippen LogP contribution in [0.3, 0.4) is 0 Å². The fraction of sp³-hybridized carbons (Fsp3) is 0.579. The topological polar surface area (TPSA) is 61.9 Å². The zero-order chi connectivity index (χ0) is 18.8. The van der Waals surface area contributed by atoms with E-state index in [0.717, 1.165) is 12.2 Å². The number of piperidine rings is 1. The van der Waals surface area contributed by atoms with Gasteiger partial charge >= 0.3 is 6.09 Å². The Kier molecular flexibility index (Phi) is 3.83. The predicted molar refractivity (Wildman–Crippen MR) is 102 cm³/mol. The number of carbonyl (C=O) groups is 2. The molecule has 4 atom stereocenters. The van der Waals surface area contributed by atoms with Gasteiger partial charge < -0.3 is 15.0 Å². The number of nitrogens with one attached hydrogen (secondary N) is 1. The molecule has 2 amide bonds. The van der Waals surface area contributed by atoms with E-state index in [1.54, 1.807) is 12.1 Å². The summed E-state index contributed by atoms with van der Waals surface area (Å²) >= 11 is 1.98. The van der Waals surface area contributed by atoms with Crippen LogP contribution in [0.1, 0.15) is 19.8 Å². The number of nitrogens with zero attached hydrogens (tertiary/aromatic N) is 2. The van der Waals surface area contributed by atoms with Crippen molar-refractivity contribution in [3.05, 3.63) is 24.0 Å². The van der Waals surface area contributed by atoms with Gasteiger partial charge in [-0.05, 0) is 31.0 Å². The van der Waals surface area contributed by atoms with E-state index in [1.807, 2.05) is 11.8 Å². The van der Waals surface area contributed by atoms with Gasteiger partial charge in [0.1, 0.15) is 11.9 Å². The third-order valence-electron chi connectivity index (χ3n) is 6.50. The molecule has 1 aromatic carbocycles. The van der Waals surface area contributed by atoms with E-state index in [0.29, 0.717) is 35.4 Å². The summed E-state index contributed by atoms with van der Waals surface area (Å²) in [5.41, 5.74) is 1.56. The Morgan fingerprint density at radius 1 is 1.44 bits per heavy atom. The number of anilines is 2. The molecule has 5 rings (SSSR count). The van der Waals surface area contributed by atoms with E-state index >= 15 is 0 Å². The molecule has 4 aliphatic rings. The number of ether oxygens (including phenoxy) is 1. The van der Waals surface area contributed by atoms with Gasteiger partial charge in [-0.15, -0.1) is 0 Å². The quantitative estimate of drug-likeness (QED) is 0.854. The molecular weight excluding hydrogens is 369 g/mol. The van der Waals surface area contributed by atoms with Crippen molar-refractivity contribution in [1.29, 1.82) is 0 Å². The summed E-state index contributed by atoms with van der Waals surface area (Å²) in [5.74, 6) is 1.81. The molecule has 3 heterocycles. The first-order chi connectivity index (χ1) is 13.0. The van der Waals surface area contributed by atoms with Crippen molar-refractivity contribution in [3.8, 4) is 0 Å². The molecule has 3 unspecified atom stereocenters. The molecular formula is C19H22FN3O3S. The van der Waals surface area contributed by atoms with E-state index < -0.39 is 12.2 Å². The van der Waals surface area contributed by atoms with Crippen molar-refractivity contribution in [2.75, 3.05) is 34.4 Å². The maximum Gasteiger partial charge on any atom is 0.414 e. The van der Waals surface area contributed by atoms with Gasteiger partial charge in [-0.3, -0.25) is 9.69 Å². The minimum Gasteiger partial charge on any atom is -0.442 e. The van der Waals surface area contributed by atoms with Crippen molar-refractivity contribution in [2.45, 2.75) is 38.0 Å². The lowest BCUT2D eigenvalue weighted by atomic mass is 9.53. The molecule has 3 aliphatic heterocycles. The maximum absolute atomic E-state index is 14.9. The molecule has 1 saturated carbocycles. The van der Waals surface area contributed by atoms with Crippen molar-refractivity contribution in [1.82, 2.24) is 5.32 Å². The second-order valence-corrected chi connectivity index (χ2v) is 8.95. The molecule has 1 aliphatic carbocycles. The standard InChI is InChI=1S/C19H22FN3O3S/c1-11(24)21-7-13-8-22(18(25)26-13)12-2-3-15(14(20)6-12)23-16-4-5-19(16)10-27-9-17(19)23/h2-3,6,13,16-17H,4-5,7-10H2,1H3,(H,21,24)/t13-,16?,17?,19?/m0/s1. The number of cyclic esters (lactones) is 1. The van der Waals surface area contributed by atoms with Crippen LogP contribution < -0.4 is 15.1 Å². The average Bonchev–Trinajstić information content (AvgIpc) is 3.20. The average molecular weight is 391 g/mol. The molecule has 1 aromatic rings. The van der Waals surface area contributed by atoms with Crippen LogP contribution in [0, 0.1) is 11.2 Å². The number of thioether (sulfide) groups is 1. The summed E-state index contributed by atoms with van der Waals surface area (Å²) in [7, 11) is 0. The Balaban J connectivity index is 1.32. The van der Waals surface area contributed by atoms with Crippen LogP contribution in [-0.4, -0.2) is 54.8 Å². The van der Waals surface area contributed by atoms with Crippen molar-refractivity contribution < 1.29 is 18.7 Å². The van der Waals surface area contributed by atoms with E-state index in [1.165, 1.54) is 30.1 Å². The molecule has 27 heavy (non-hydrogen) atoms. The zero-order valence-corrected chi connectivity index (χ0v) is 15.9. The van der Waals surface area contributed by atoms with Crippen LogP contribution >= 0.6 is 11.8 Å². The lowest BCUT2D eigenvalue weighted by Crippen LogP contribution is -2.77. The van der Waals surface area contributed by atoms with Gasteiger partial charge in [0.25, 0.3) is 0 Å². The first kappa shape index (κ1) is 17.2. The number of halogens is 1. The van der Waals surface area contributed by atoms with E-state index in [2.05, 4.69) is 10.2 Å². The predicted octanol–water partition coefficient (Wildman–Crippen LogP) is 2.37. The Morgan fingerprint density at radius 3 is 3.00 bits per heavy atom. The second-order valence-electron chi connectivity index (χ2n) is 7.92. The van der Waals surface area contributed by atoms with Crippen molar-refractivity contribution >= 4 is 35.1 Å². The highest BCUT2D eigenvalue weighted by atomic mass is 32.2. The lowest BCUT2D eigenvalue weighted by molar-refractivity contribution is -0.119. The first-order valence-corrected chi connectivity index (χ1v) is 10.5. The van der Waals surface area contributed by atoms with Gasteiger partial charge in [0.2, 0.25) is 5.91 Å². The van der Waals surface area contributed by atoms with Crippen LogP contribution in [0.4, 0.5) is 20.6 Å². The lowest BCUT2D eigenvalue weighted by Gasteiger charge is -2.68.